The molecular formula is C47H71N3O6S. The maximum atomic E-state index is 12.8. The maximum Gasteiger partial charge on any atom is 0.310 e. The Morgan fingerprint density at radius 1 is 0.930 bits per heavy atom. The van der Waals surface area contributed by atoms with Crippen LogP contribution in [0.25, 0.3) is 0 Å². The Balaban J connectivity index is 0.953. The lowest BCUT2D eigenvalue weighted by atomic mass is 9.33. The van der Waals surface area contributed by atoms with Crippen LogP contribution in [0.1, 0.15) is 125 Å². The standard InChI is InChI=1S/C47H71N3O6S/c1-42(2)35(33-11-19-46(20-12-33,41(51)52)23-29-56-40-32-34(55-6)15-24-48-40)13-17-43(3)38(42)14-18-45(5)39(43)10-9-36-37-8-7-16-47(37,22-21-44(36,45)4)49-25-26-50-27-30-57(53,54)31-28-50/h11,13,15,24,32,36-39,49H,7-10,12,14,16-23,25-31H2,1-6H3,(H,51,52)/t36?,37-,38?,39?,43?,44-,45?,46?,47?/m1/s1. The van der Waals surface area contributed by atoms with E-state index in [1.807, 2.05) is 0 Å². The first-order chi connectivity index (χ1) is 27.0. The van der Waals surface area contributed by atoms with Gasteiger partial charge in [0.2, 0.25) is 5.88 Å². The van der Waals surface area contributed by atoms with Gasteiger partial charge in [-0.3, -0.25) is 4.79 Å². The summed E-state index contributed by atoms with van der Waals surface area (Å²) in [5.74, 6) is 3.79. The summed E-state index contributed by atoms with van der Waals surface area (Å²) in [6.07, 6.45) is 21.8. The van der Waals surface area contributed by atoms with Gasteiger partial charge in [0.05, 0.1) is 30.6 Å². The third kappa shape index (κ3) is 6.91. The number of allylic oxidation sites excluding steroid dienone is 4. The molecule has 0 bridgehead atoms. The number of hydrogen-bond donors (Lipinski definition) is 2. The number of pyridine rings is 1. The minimum absolute atomic E-state index is 0.0257. The number of aliphatic carboxylic acids is 1. The van der Waals surface area contributed by atoms with Gasteiger partial charge in [-0.1, -0.05) is 53.2 Å². The molecule has 9 atom stereocenters. The van der Waals surface area contributed by atoms with Crippen molar-refractivity contribution in [2.24, 2.45) is 50.7 Å². The molecule has 7 unspecified atom stereocenters. The molecule has 1 saturated heterocycles. The molecule has 0 amide bonds. The fourth-order valence-electron chi connectivity index (χ4n) is 15.1. The molecular weight excluding hydrogens is 735 g/mol. The van der Waals surface area contributed by atoms with Crippen LogP contribution in [-0.4, -0.2) is 86.3 Å². The summed E-state index contributed by atoms with van der Waals surface area (Å²) in [6, 6.07) is 3.51. The zero-order valence-corrected chi connectivity index (χ0v) is 36.7. The number of methoxy groups -OCH3 is 1. The van der Waals surface area contributed by atoms with Gasteiger partial charge in [0.25, 0.3) is 0 Å². The van der Waals surface area contributed by atoms with E-state index in [2.05, 4.69) is 62.0 Å². The van der Waals surface area contributed by atoms with Crippen molar-refractivity contribution in [3.63, 3.8) is 0 Å². The predicted octanol–water partition coefficient (Wildman–Crippen LogP) is 8.50. The van der Waals surface area contributed by atoms with Gasteiger partial charge in [0, 0.05) is 44.0 Å². The predicted molar refractivity (Wildman–Crippen MR) is 225 cm³/mol. The summed E-state index contributed by atoms with van der Waals surface area (Å²) in [4.78, 5) is 19.4. The first-order valence-electron chi connectivity index (χ1n) is 22.5. The first-order valence-corrected chi connectivity index (χ1v) is 24.3. The molecule has 2 N–H and O–H groups in total. The molecule has 5 fully saturated rings. The van der Waals surface area contributed by atoms with Gasteiger partial charge in [-0.2, -0.15) is 0 Å². The molecule has 1 aromatic heterocycles. The molecule has 0 spiro atoms. The summed E-state index contributed by atoms with van der Waals surface area (Å²) >= 11 is 0. The average Bonchev–Trinajstić information content (AvgIpc) is 3.60. The van der Waals surface area contributed by atoms with E-state index in [1.54, 1.807) is 25.4 Å². The number of carbonyl (C=O) groups is 1. The zero-order chi connectivity index (χ0) is 40.5. The smallest absolute Gasteiger partial charge is 0.310 e. The Morgan fingerprint density at radius 2 is 1.72 bits per heavy atom. The lowest BCUT2D eigenvalue weighted by Gasteiger charge is -2.72. The van der Waals surface area contributed by atoms with E-state index in [4.69, 9.17) is 9.47 Å². The van der Waals surface area contributed by atoms with Crippen LogP contribution in [0.15, 0.2) is 41.6 Å². The number of nitrogens with zero attached hydrogens (tertiary/aromatic N) is 2. The second-order valence-electron chi connectivity index (χ2n) is 20.9. The highest BCUT2D eigenvalue weighted by atomic mass is 32.2. The Kier molecular flexibility index (Phi) is 10.8. The van der Waals surface area contributed by atoms with E-state index in [-0.39, 0.29) is 16.4 Å². The molecule has 2 heterocycles. The van der Waals surface area contributed by atoms with E-state index in [1.165, 1.54) is 68.9 Å². The van der Waals surface area contributed by atoms with Crippen molar-refractivity contribution in [2.45, 2.75) is 130 Å². The molecule has 1 aromatic rings. The Hall–Kier alpha value is -2.43. The maximum absolute atomic E-state index is 12.8. The van der Waals surface area contributed by atoms with Gasteiger partial charge < -0.3 is 24.8 Å². The molecule has 9 nitrogen and oxygen atoms in total. The van der Waals surface area contributed by atoms with Gasteiger partial charge in [0.1, 0.15) is 5.75 Å². The van der Waals surface area contributed by atoms with Gasteiger partial charge in [-0.15, -0.1) is 0 Å². The minimum atomic E-state index is -2.85. The number of sulfone groups is 1. The number of carboxylic acids is 1. The lowest BCUT2D eigenvalue weighted by Crippen LogP contribution is -2.67. The normalized spacial score (nSPS) is 41.0. The van der Waals surface area contributed by atoms with Gasteiger partial charge in [0.15, 0.2) is 9.84 Å². The summed E-state index contributed by atoms with van der Waals surface area (Å²) in [5.41, 5.74) is 3.18. The van der Waals surface area contributed by atoms with Crippen LogP contribution >= 0.6 is 0 Å². The number of rotatable bonds is 11. The minimum Gasteiger partial charge on any atom is -0.497 e. The van der Waals surface area contributed by atoms with E-state index >= 15 is 0 Å². The number of fused-ring (bicyclic) bond motifs is 7. The Labute approximate surface area is 343 Å². The van der Waals surface area contributed by atoms with Gasteiger partial charge in [-0.25, -0.2) is 13.4 Å². The monoisotopic (exact) mass is 806 g/mol. The molecule has 316 valence electrons. The van der Waals surface area contributed by atoms with Gasteiger partial charge in [-0.05, 0) is 146 Å². The zero-order valence-electron chi connectivity index (χ0n) is 35.8. The van der Waals surface area contributed by atoms with Crippen molar-refractivity contribution < 1.29 is 27.8 Å². The van der Waals surface area contributed by atoms with Crippen molar-refractivity contribution >= 4 is 15.8 Å². The van der Waals surface area contributed by atoms with Crippen molar-refractivity contribution in [3.05, 3.63) is 41.6 Å². The van der Waals surface area contributed by atoms with Crippen molar-refractivity contribution in [1.29, 1.82) is 0 Å². The topological polar surface area (TPSA) is 118 Å². The number of nitrogens with one attached hydrogen (secondary N) is 1. The molecule has 0 aromatic carbocycles. The van der Waals surface area contributed by atoms with E-state index in [0.717, 1.165) is 37.8 Å². The SMILES string of the molecule is COc1ccnc(OCCC2(C(=O)O)CC=C(C3=CCC4(C)C(CCC5(C)C4CCC4[C@H]6CCCC6(NCCN6CCS(=O)(=O)CC6)CC[C@]45C)C3(C)C)CC2)c1. The first kappa shape index (κ1) is 41.3. The molecule has 1 aliphatic heterocycles. The Morgan fingerprint density at radius 3 is 2.44 bits per heavy atom. The average molecular weight is 806 g/mol. The fourth-order valence-corrected chi connectivity index (χ4v) is 16.4. The van der Waals surface area contributed by atoms with Crippen LogP contribution in [0.5, 0.6) is 11.6 Å². The number of carboxylic acid groups (broad SMARTS) is 1. The van der Waals surface area contributed by atoms with Crippen LogP contribution in [0.4, 0.5) is 0 Å². The Bertz CT molecular complexity index is 1860. The van der Waals surface area contributed by atoms with Crippen molar-refractivity contribution in [2.75, 3.05) is 51.4 Å². The molecule has 7 aliphatic rings. The van der Waals surface area contributed by atoms with Crippen molar-refractivity contribution in [1.82, 2.24) is 15.2 Å². The quantitative estimate of drug-likeness (QED) is 0.227. The molecule has 8 rings (SSSR count). The van der Waals surface area contributed by atoms with Crippen LogP contribution in [-0.2, 0) is 14.6 Å². The van der Waals surface area contributed by atoms with E-state index in [9.17, 15) is 18.3 Å². The number of ether oxygens (including phenoxy) is 2. The van der Waals surface area contributed by atoms with E-state index in [0.29, 0.717) is 84.8 Å². The van der Waals surface area contributed by atoms with Gasteiger partial charge >= 0.3 is 5.97 Å². The number of aromatic nitrogens is 1. The fraction of sp³-hybridized carbons (Fsp3) is 0.787. The highest BCUT2D eigenvalue weighted by Gasteiger charge is 2.69. The molecule has 10 heteroatoms. The molecule has 4 saturated carbocycles. The summed E-state index contributed by atoms with van der Waals surface area (Å²) in [6.45, 7) is 16.7. The number of hydrogen-bond acceptors (Lipinski definition) is 8. The third-order valence-corrected chi connectivity index (χ3v) is 20.1. The highest BCUT2D eigenvalue weighted by molar-refractivity contribution is 7.91. The molecule has 57 heavy (non-hydrogen) atoms. The summed E-state index contributed by atoms with van der Waals surface area (Å²) < 4.78 is 35.2. The highest BCUT2D eigenvalue weighted by Crippen LogP contribution is 2.76. The van der Waals surface area contributed by atoms with Crippen LogP contribution in [0.2, 0.25) is 0 Å². The van der Waals surface area contributed by atoms with Crippen LogP contribution in [0.3, 0.4) is 0 Å². The lowest BCUT2D eigenvalue weighted by molar-refractivity contribution is -0.218. The van der Waals surface area contributed by atoms with Crippen molar-refractivity contribution in [3.8, 4) is 11.6 Å². The van der Waals surface area contributed by atoms with Crippen LogP contribution in [0, 0.1) is 50.7 Å². The second-order valence-corrected chi connectivity index (χ2v) is 23.2. The largest absolute Gasteiger partial charge is 0.497 e. The van der Waals surface area contributed by atoms with Crippen LogP contribution < -0.4 is 14.8 Å². The third-order valence-electron chi connectivity index (χ3n) is 18.5. The molecule has 0 radical (unpaired) electrons. The second kappa shape index (κ2) is 14.9. The molecule has 6 aliphatic carbocycles. The summed E-state index contributed by atoms with van der Waals surface area (Å²) in [7, 11) is -1.24. The summed E-state index contributed by atoms with van der Waals surface area (Å²) in [5, 5.41) is 14.7. The van der Waals surface area contributed by atoms with E-state index < -0.39 is 21.2 Å².